The van der Waals surface area contributed by atoms with Crippen LogP contribution in [0.25, 0.3) is 10.9 Å². The topological polar surface area (TPSA) is 86.9 Å². The highest BCUT2D eigenvalue weighted by atomic mass is 79.9. The number of benzene rings is 2. The lowest BCUT2D eigenvalue weighted by Crippen LogP contribution is -2.83. The molecule has 23 heavy (non-hydrogen) atoms. The van der Waals surface area contributed by atoms with Crippen molar-refractivity contribution in [2.45, 2.75) is 6.17 Å². The fourth-order valence-electron chi connectivity index (χ4n) is 2.75. The summed E-state index contributed by atoms with van der Waals surface area (Å²) in [6, 6.07) is 15.0. The first-order chi connectivity index (χ1) is 11.1. The molecule has 4 N–H and O–H groups in total. The zero-order valence-electron chi connectivity index (χ0n) is 12.0. The Bertz CT molecular complexity index is 1010. The van der Waals surface area contributed by atoms with Crippen LogP contribution in [-0.2, 0) is 0 Å². The van der Waals surface area contributed by atoms with Crippen molar-refractivity contribution in [1.82, 2.24) is 9.55 Å². The second-order valence-electron chi connectivity index (χ2n) is 5.27. The van der Waals surface area contributed by atoms with E-state index in [9.17, 15) is 4.79 Å². The maximum Gasteiger partial charge on any atom is 0.350 e. The Labute approximate surface area is 139 Å². The smallest absolute Gasteiger partial charge is 0.290 e. The van der Waals surface area contributed by atoms with Gasteiger partial charge in [0.15, 0.2) is 6.17 Å². The van der Waals surface area contributed by atoms with E-state index in [0.717, 1.165) is 10.0 Å². The molecular weight excluding hydrogens is 358 g/mol. The second-order valence-corrected chi connectivity index (χ2v) is 6.18. The van der Waals surface area contributed by atoms with Crippen LogP contribution in [0.1, 0.15) is 11.7 Å². The van der Waals surface area contributed by atoms with Crippen LogP contribution in [0, 0.1) is 0 Å². The zero-order valence-corrected chi connectivity index (χ0v) is 13.5. The molecule has 0 unspecified atom stereocenters. The molecular formula is C16H13BrN5O+. The van der Waals surface area contributed by atoms with E-state index < -0.39 is 6.17 Å². The third kappa shape index (κ3) is 2.29. The number of rotatable bonds is 1. The minimum atomic E-state index is -0.423. The first-order valence-corrected chi connectivity index (χ1v) is 7.85. The average Bonchev–Trinajstić information content (AvgIpc) is 2.54. The van der Waals surface area contributed by atoms with Gasteiger partial charge in [0.2, 0.25) is 0 Å². The Morgan fingerprint density at radius 1 is 1.22 bits per heavy atom. The van der Waals surface area contributed by atoms with Gasteiger partial charge in [-0.1, -0.05) is 40.2 Å². The number of anilines is 1. The van der Waals surface area contributed by atoms with Crippen LogP contribution in [0.5, 0.6) is 0 Å². The summed E-state index contributed by atoms with van der Waals surface area (Å²) < 4.78 is 2.51. The molecule has 4 rings (SSSR count). The van der Waals surface area contributed by atoms with Crippen LogP contribution >= 0.6 is 15.9 Å². The molecule has 0 fully saturated rings. The van der Waals surface area contributed by atoms with Gasteiger partial charge in [-0.25, -0.2) is 9.88 Å². The molecule has 114 valence electrons. The Kier molecular flexibility index (Phi) is 3.16. The molecule has 1 aromatic heterocycles. The lowest BCUT2D eigenvalue weighted by Gasteiger charge is -2.22. The van der Waals surface area contributed by atoms with Gasteiger partial charge in [-0.05, 0) is 24.3 Å². The van der Waals surface area contributed by atoms with E-state index in [1.807, 2.05) is 42.5 Å². The molecule has 2 aromatic carbocycles. The number of para-hydroxylation sites is 1. The van der Waals surface area contributed by atoms with E-state index in [1.54, 1.807) is 10.6 Å². The number of guanidine groups is 1. The largest absolute Gasteiger partial charge is 0.350 e. The first-order valence-electron chi connectivity index (χ1n) is 7.06. The van der Waals surface area contributed by atoms with E-state index in [2.05, 4.69) is 31.2 Å². The van der Waals surface area contributed by atoms with Crippen LogP contribution in [0.4, 0.5) is 5.95 Å². The number of nitrogens with zero attached hydrogens (tertiary/aromatic N) is 2. The van der Waals surface area contributed by atoms with Crippen molar-refractivity contribution in [3.63, 3.8) is 0 Å². The molecule has 0 radical (unpaired) electrons. The summed E-state index contributed by atoms with van der Waals surface area (Å²) in [7, 11) is 0. The van der Waals surface area contributed by atoms with Gasteiger partial charge in [0.05, 0.1) is 10.9 Å². The Hall–Kier alpha value is -2.67. The van der Waals surface area contributed by atoms with Gasteiger partial charge in [0, 0.05) is 10.0 Å². The quantitative estimate of drug-likeness (QED) is 0.583. The molecule has 3 aromatic rings. The summed E-state index contributed by atoms with van der Waals surface area (Å²) in [6.45, 7) is 0. The summed E-state index contributed by atoms with van der Waals surface area (Å²) in [5.74, 6) is 0.784. The molecule has 2 heterocycles. The van der Waals surface area contributed by atoms with Crippen LogP contribution in [0.2, 0.25) is 0 Å². The van der Waals surface area contributed by atoms with E-state index in [0.29, 0.717) is 22.8 Å². The maximum absolute atomic E-state index is 12.9. The lowest BCUT2D eigenvalue weighted by atomic mass is 10.1. The number of nitrogens with two attached hydrogens (primary N) is 1. The summed E-state index contributed by atoms with van der Waals surface area (Å²) >= 11 is 3.46. The Morgan fingerprint density at radius 2 is 2.04 bits per heavy atom. The van der Waals surface area contributed by atoms with E-state index in [4.69, 9.17) is 5.73 Å². The highest BCUT2D eigenvalue weighted by Crippen LogP contribution is 2.21. The third-order valence-corrected chi connectivity index (χ3v) is 4.26. The predicted octanol–water partition coefficient (Wildman–Crippen LogP) is 0.527. The van der Waals surface area contributed by atoms with Gasteiger partial charge in [-0.2, -0.15) is 4.98 Å². The van der Waals surface area contributed by atoms with Crippen molar-refractivity contribution in [2.24, 2.45) is 5.73 Å². The van der Waals surface area contributed by atoms with Crippen molar-refractivity contribution >= 4 is 38.7 Å². The zero-order chi connectivity index (χ0) is 16.0. The van der Waals surface area contributed by atoms with Crippen molar-refractivity contribution in [1.29, 1.82) is 0 Å². The molecule has 7 heteroatoms. The third-order valence-electron chi connectivity index (χ3n) is 3.77. The van der Waals surface area contributed by atoms with Crippen LogP contribution in [0.3, 0.4) is 0 Å². The average molecular weight is 371 g/mol. The highest BCUT2D eigenvalue weighted by molar-refractivity contribution is 9.10. The summed E-state index contributed by atoms with van der Waals surface area (Å²) in [6.07, 6.45) is -0.423. The van der Waals surface area contributed by atoms with Gasteiger partial charge in [0.1, 0.15) is 0 Å². The molecule has 1 aliphatic rings. The number of hydrogen-bond donors (Lipinski definition) is 3. The van der Waals surface area contributed by atoms with Crippen molar-refractivity contribution in [3.05, 3.63) is 68.9 Å². The van der Waals surface area contributed by atoms with Crippen LogP contribution < -0.4 is 21.6 Å². The minimum absolute atomic E-state index is 0.122. The van der Waals surface area contributed by atoms with Gasteiger partial charge >= 0.3 is 5.96 Å². The first kappa shape index (κ1) is 14.0. The summed E-state index contributed by atoms with van der Waals surface area (Å²) in [5.41, 5.74) is 7.36. The predicted molar refractivity (Wildman–Crippen MR) is 92.1 cm³/mol. The molecule has 1 aliphatic heterocycles. The summed E-state index contributed by atoms with van der Waals surface area (Å²) in [5, 5.41) is 3.50. The Balaban J connectivity index is 2.02. The number of halogens is 1. The monoisotopic (exact) mass is 370 g/mol. The van der Waals surface area contributed by atoms with Gasteiger partial charge in [-0.3, -0.25) is 15.5 Å². The second kappa shape index (κ2) is 5.20. The number of fused-ring (bicyclic) bond motifs is 2. The molecule has 0 spiro atoms. The van der Waals surface area contributed by atoms with Crippen molar-refractivity contribution in [3.8, 4) is 0 Å². The fraction of sp³-hybridized carbons (Fsp3) is 0.0625. The molecule has 0 aliphatic carbocycles. The molecule has 0 saturated carbocycles. The number of aromatic nitrogens is 2. The van der Waals surface area contributed by atoms with E-state index in [-0.39, 0.29) is 5.56 Å². The highest BCUT2D eigenvalue weighted by Gasteiger charge is 2.28. The molecule has 1 atom stereocenters. The number of hydrogen-bond acceptors (Lipinski definition) is 4. The summed E-state index contributed by atoms with van der Waals surface area (Å²) in [4.78, 5) is 20.6. The van der Waals surface area contributed by atoms with E-state index in [1.165, 1.54) is 0 Å². The van der Waals surface area contributed by atoms with Gasteiger partial charge in [0.25, 0.3) is 11.5 Å². The van der Waals surface area contributed by atoms with Gasteiger partial charge in [-0.15, -0.1) is 0 Å². The van der Waals surface area contributed by atoms with Crippen LogP contribution in [0.15, 0.2) is 57.8 Å². The molecule has 0 bridgehead atoms. The molecule has 0 amide bonds. The maximum atomic E-state index is 12.9. The minimum Gasteiger partial charge on any atom is -0.290 e. The van der Waals surface area contributed by atoms with Crippen molar-refractivity contribution < 1.29 is 4.99 Å². The van der Waals surface area contributed by atoms with Crippen LogP contribution in [-0.4, -0.2) is 15.5 Å². The normalized spacial score (nSPS) is 16.6. The van der Waals surface area contributed by atoms with Crippen molar-refractivity contribution in [2.75, 3.05) is 5.32 Å². The molecule has 0 saturated heterocycles. The van der Waals surface area contributed by atoms with Gasteiger partial charge < -0.3 is 0 Å². The molecule has 6 nitrogen and oxygen atoms in total. The standard InChI is InChI=1S/C16H12BrN5O/c17-10-5-3-4-9(8-10)13-20-15(18)21-16-19-12-7-2-1-6-11(12)14(23)22(13)16/h1-8,13H,(H3,18,19,20,21)/p+1/t13-/m1/s1. The fourth-order valence-corrected chi connectivity index (χ4v) is 3.17. The van der Waals surface area contributed by atoms with E-state index >= 15 is 0 Å². The lowest BCUT2D eigenvalue weighted by molar-refractivity contribution is -0.521. The SMILES string of the molecule is NC1=[NH+][C@@H](c2cccc(Br)c2)n2c(nc3ccccc3c2=O)N1. The Morgan fingerprint density at radius 3 is 2.87 bits per heavy atom. The number of nitrogens with one attached hydrogen (secondary N) is 2.